The van der Waals surface area contributed by atoms with Crippen molar-refractivity contribution < 1.29 is 17.6 Å². The van der Waals surface area contributed by atoms with Gasteiger partial charge in [0.1, 0.15) is 5.52 Å². The van der Waals surface area contributed by atoms with Gasteiger partial charge in [-0.2, -0.15) is 18.2 Å². The van der Waals surface area contributed by atoms with E-state index in [2.05, 4.69) is 10.3 Å². The van der Waals surface area contributed by atoms with Crippen molar-refractivity contribution in [2.45, 2.75) is 5.51 Å². The van der Waals surface area contributed by atoms with Crippen LogP contribution in [0, 0.1) is 0 Å². The van der Waals surface area contributed by atoms with E-state index in [9.17, 15) is 13.2 Å². The largest absolute Gasteiger partial charge is 0.441 e. The molecule has 0 aliphatic heterocycles. The molecule has 17 heavy (non-hydrogen) atoms. The van der Waals surface area contributed by atoms with Crippen LogP contribution in [-0.4, -0.2) is 22.8 Å². The van der Waals surface area contributed by atoms with Gasteiger partial charge in [0.15, 0.2) is 5.58 Å². The van der Waals surface area contributed by atoms with Gasteiger partial charge in [-0.3, -0.25) is 0 Å². The third-order valence-corrected chi connectivity index (χ3v) is 2.67. The van der Waals surface area contributed by atoms with Crippen molar-refractivity contribution in [2.24, 2.45) is 0 Å². The zero-order valence-electron chi connectivity index (χ0n) is 8.62. The van der Waals surface area contributed by atoms with Crippen LogP contribution in [0.2, 0.25) is 0 Å². The van der Waals surface area contributed by atoms with E-state index in [1.54, 1.807) is 18.2 Å². The average molecular weight is 262 g/mol. The highest BCUT2D eigenvalue weighted by molar-refractivity contribution is 8.00. The van der Waals surface area contributed by atoms with Crippen LogP contribution in [0.5, 0.6) is 0 Å². The molecule has 0 radical (unpaired) electrons. The number of oxazole rings is 1. The number of fused-ring (bicyclic) bond motifs is 1. The third kappa shape index (κ3) is 3.55. The summed E-state index contributed by atoms with van der Waals surface area (Å²) >= 11 is -0.0722. The van der Waals surface area contributed by atoms with Crippen molar-refractivity contribution in [1.82, 2.24) is 4.98 Å². The fourth-order valence-electron chi connectivity index (χ4n) is 1.27. The van der Waals surface area contributed by atoms with Crippen molar-refractivity contribution in [2.75, 3.05) is 17.6 Å². The highest BCUT2D eigenvalue weighted by Crippen LogP contribution is 2.29. The SMILES string of the molecule is FC(F)(F)SCCNc1nc2ccccc2o1. The first kappa shape index (κ1) is 12.1. The summed E-state index contributed by atoms with van der Waals surface area (Å²) in [5.41, 5.74) is -2.90. The summed E-state index contributed by atoms with van der Waals surface area (Å²) in [6.45, 7) is 0.150. The van der Waals surface area contributed by atoms with Gasteiger partial charge in [-0.1, -0.05) is 12.1 Å². The number of hydrogen-bond acceptors (Lipinski definition) is 4. The monoisotopic (exact) mass is 262 g/mol. The summed E-state index contributed by atoms with van der Waals surface area (Å²) in [6, 6.07) is 7.38. The Kier molecular flexibility index (Phi) is 3.46. The number of thioether (sulfide) groups is 1. The summed E-state index contributed by atoms with van der Waals surface area (Å²) in [5, 5.41) is 2.71. The molecule has 1 aromatic carbocycles. The molecule has 1 aromatic heterocycles. The number of nitrogens with one attached hydrogen (secondary N) is 1. The molecule has 0 aliphatic carbocycles. The highest BCUT2D eigenvalue weighted by atomic mass is 32.2. The van der Waals surface area contributed by atoms with Gasteiger partial charge >= 0.3 is 5.51 Å². The van der Waals surface area contributed by atoms with Crippen LogP contribution in [0.25, 0.3) is 11.1 Å². The standard InChI is InChI=1S/C10H9F3N2OS/c11-10(12,13)17-6-5-14-9-15-7-3-1-2-4-8(7)16-9/h1-4H,5-6H2,(H,14,15). The van der Waals surface area contributed by atoms with Crippen molar-refractivity contribution in [3.8, 4) is 0 Å². The first-order chi connectivity index (χ1) is 8.04. The molecule has 0 bridgehead atoms. The number of rotatable bonds is 4. The molecule has 2 rings (SSSR count). The first-order valence-electron chi connectivity index (χ1n) is 4.85. The Hall–Kier alpha value is -1.37. The third-order valence-electron chi connectivity index (χ3n) is 1.94. The van der Waals surface area contributed by atoms with Crippen LogP contribution in [0.1, 0.15) is 0 Å². The average Bonchev–Trinajstić information content (AvgIpc) is 2.65. The quantitative estimate of drug-likeness (QED) is 0.856. The van der Waals surface area contributed by atoms with Crippen LogP contribution in [0.4, 0.5) is 19.2 Å². The summed E-state index contributed by atoms with van der Waals surface area (Å²) in [6.07, 6.45) is 0. The van der Waals surface area contributed by atoms with Gasteiger partial charge in [0.2, 0.25) is 0 Å². The molecule has 0 aliphatic rings. The van der Waals surface area contributed by atoms with Gasteiger partial charge in [0.05, 0.1) is 0 Å². The van der Waals surface area contributed by atoms with E-state index in [0.29, 0.717) is 11.1 Å². The second-order valence-corrected chi connectivity index (χ2v) is 4.37. The lowest BCUT2D eigenvalue weighted by molar-refractivity contribution is -0.0327. The molecule has 92 valence electrons. The summed E-state index contributed by atoms with van der Waals surface area (Å²) in [5.74, 6) is -0.0811. The Labute approximate surface area is 99.4 Å². The molecular formula is C10H9F3N2OS. The predicted molar refractivity (Wildman–Crippen MR) is 61.0 cm³/mol. The molecule has 7 heteroatoms. The van der Waals surface area contributed by atoms with E-state index >= 15 is 0 Å². The second-order valence-electron chi connectivity index (χ2n) is 3.21. The van der Waals surface area contributed by atoms with E-state index in [4.69, 9.17) is 4.42 Å². The van der Waals surface area contributed by atoms with E-state index in [1.165, 1.54) is 0 Å². The maximum atomic E-state index is 11.8. The predicted octanol–water partition coefficient (Wildman–Crippen LogP) is 3.49. The Morgan fingerprint density at radius 1 is 1.29 bits per heavy atom. The van der Waals surface area contributed by atoms with E-state index in [0.717, 1.165) is 0 Å². The van der Waals surface area contributed by atoms with Gasteiger partial charge < -0.3 is 9.73 Å². The van der Waals surface area contributed by atoms with Crippen LogP contribution in [-0.2, 0) is 0 Å². The molecule has 0 atom stereocenters. The molecule has 2 aromatic rings. The smallest absolute Gasteiger partial charge is 0.424 e. The van der Waals surface area contributed by atoms with E-state index in [-0.39, 0.29) is 30.1 Å². The maximum Gasteiger partial charge on any atom is 0.441 e. The van der Waals surface area contributed by atoms with Gasteiger partial charge in [-0.15, -0.1) is 0 Å². The van der Waals surface area contributed by atoms with Gasteiger partial charge in [0, 0.05) is 12.3 Å². The molecule has 0 unspecified atom stereocenters. The van der Waals surface area contributed by atoms with Crippen LogP contribution in [0.15, 0.2) is 28.7 Å². The molecule has 0 fully saturated rings. The molecule has 1 N–H and O–H groups in total. The number of hydrogen-bond donors (Lipinski definition) is 1. The molecule has 0 saturated carbocycles. The fourth-order valence-corrected chi connectivity index (χ4v) is 1.71. The Morgan fingerprint density at radius 2 is 2.06 bits per heavy atom. The maximum absolute atomic E-state index is 11.8. The number of alkyl halides is 3. The number of para-hydroxylation sites is 2. The minimum atomic E-state index is -4.19. The zero-order valence-corrected chi connectivity index (χ0v) is 9.44. The highest BCUT2D eigenvalue weighted by Gasteiger charge is 2.27. The van der Waals surface area contributed by atoms with Crippen molar-refractivity contribution >= 4 is 28.9 Å². The number of aromatic nitrogens is 1. The van der Waals surface area contributed by atoms with Crippen molar-refractivity contribution in [1.29, 1.82) is 0 Å². The van der Waals surface area contributed by atoms with E-state index in [1.807, 2.05) is 6.07 Å². The second kappa shape index (κ2) is 4.87. The minimum Gasteiger partial charge on any atom is -0.424 e. The molecule has 1 heterocycles. The molecular weight excluding hydrogens is 253 g/mol. The Bertz CT molecular complexity index is 465. The lowest BCUT2D eigenvalue weighted by Crippen LogP contribution is -2.09. The topological polar surface area (TPSA) is 38.1 Å². The lowest BCUT2D eigenvalue weighted by atomic mass is 10.3. The van der Waals surface area contributed by atoms with Gasteiger partial charge in [-0.05, 0) is 23.9 Å². The Morgan fingerprint density at radius 3 is 2.76 bits per heavy atom. The normalized spacial score (nSPS) is 11.9. The number of halogens is 3. The number of anilines is 1. The Balaban J connectivity index is 1.87. The fraction of sp³-hybridized carbons (Fsp3) is 0.300. The first-order valence-corrected chi connectivity index (χ1v) is 5.83. The van der Waals surface area contributed by atoms with Crippen molar-refractivity contribution in [3.63, 3.8) is 0 Å². The van der Waals surface area contributed by atoms with Gasteiger partial charge in [0.25, 0.3) is 6.01 Å². The van der Waals surface area contributed by atoms with Crippen molar-refractivity contribution in [3.05, 3.63) is 24.3 Å². The number of nitrogens with zero attached hydrogens (tertiary/aromatic N) is 1. The lowest BCUT2D eigenvalue weighted by Gasteiger charge is -2.04. The number of benzene rings is 1. The van der Waals surface area contributed by atoms with Crippen LogP contribution < -0.4 is 5.32 Å². The minimum absolute atomic E-state index is 0.0722. The van der Waals surface area contributed by atoms with Crippen LogP contribution >= 0.6 is 11.8 Å². The molecule has 3 nitrogen and oxygen atoms in total. The summed E-state index contributed by atoms with van der Waals surface area (Å²) in [4.78, 5) is 4.08. The zero-order chi connectivity index (χ0) is 12.3. The molecule has 0 amide bonds. The van der Waals surface area contributed by atoms with Gasteiger partial charge in [-0.25, -0.2) is 0 Å². The van der Waals surface area contributed by atoms with E-state index < -0.39 is 5.51 Å². The molecule has 0 spiro atoms. The molecule has 0 saturated heterocycles. The summed E-state index contributed by atoms with van der Waals surface area (Å²) < 4.78 is 40.8. The summed E-state index contributed by atoms with van der Waals surface area (Å²) in [7, 11) is 0. The van der Waals surface area contributed by atoms with Crippen LogP contribution in [0.3, 0.4) is 0 Å².